The molecule has 4 rings (SSSR count). The van der Waals surface area contributed by atoms with Gasteiger partial charge in [-0.25, -0.2) is 9.69 Å². The van der Waals surface area contributed by atoms with Gasteiger partial charge in [0.25, 0.3) is 11.8 Å². The molecule has 1 aromatic carbocycles. The van der Waals surface area contributed by atoms with Crippen molar-refractivity contribution < 1.29 is 23.5 Å². The van der Waals surface area contributed by atoms with Crippen molar-refractivity contribution in [2.75, 3.05) is 19.7 Å². The number of benzene rings is 1. The van der Waals surface area contributed by atoms with Crippen LogP contribution in [0.4, 0.5) is 4.79 Å². The second kappa shape index (κ2) is 5.73. The minimum Gasteiger partial charge on any atom is -0.451 e. The van der Waals surface area contributed by atoms with E-state index in [0.717, 1.165) is 4.90 Å². The van der Waals surface area contributed by atoms with Crippen molar-refractivity contribution in [2.45, 2.75) is 12.5 Å². The summed E-state index contributed by atoms with van der Waals surface area (Å²) < 4.78 is 10.3. The Labute approximate surface area is 141 Å². The third-order valence-corrected chi connectivity index (χ3v) is 4.45. The zero-order valence-corrected chi connectivity index (χ0v) is 13.1. The monoisotopic (exact) mass is 342 g/mol. The quantitative estimate of drug-likeness (QED) is 0.807. The Hall–Kier alpha value is -3.16. The molecule has 0 spiro atoms. The van der Waals surface area contributed by atoms with Gasteiger partial charge in [-0.15, -0.1) is 0 Å². The molecule has 2 aliphatic rings. The average molecular weight is 342 g/mol. The zero-order chi connectivity index (χ0) is 17.6. The van der Waals surface area contributed by atoms with E-state index in [4.69, 9.17) is 9.15 Å². The van der Waals surface area contributed by atoms with E-state index in [0.29, 0.717) is 23.9 Å². The number of para-hydroxylation sites is 1. The fourth-order valence-electron chi connectivity index (χ4n) is 3.22. The molecule has 2 aromatic rings. The van der Waals surface area contributed by atoms with E-state index in [1.54, 1.807) is 24.3 Å². The molecule has 1 aromatic heterocycles. The van der Waals surface area contributed by atoms with Crippen molar-refractivity contribution in [1.82, 2.24) is 9.80 Å². The van der Waals surface area contributed by atoms with Crippen LogP contribution in [-0.4, -0.2) is 53.4 Å². The number of carbonyl (C=O) groups excluding carboxylic acids is 3. The maximum atomic E-state index is 12.6. The van der Waals surface area contributed by atoms with Gasteiger partial charge in [0, 0.05) is 19.2 Å². The lowest BCUT2D eigenvalue weighted by Gasteiger charge is -2.20. The predicted molar refractivity (Wildman–Crippen MR) is 85.0 cm³/mol. The molecule has 1 unspecified atom stereocenters. The van der Waals surface area contributed by atoms with Crippen LogP contribution >= 0.6 is 0 Å². The first kappa shape index (κ1) is 15.4. The predicted octanol–water partition coefficient (Wildman–Crippen LogP) is 0.986. The maximum Gasteiger partial charge on any atom is 0.417 e. The van der Waals surface area contributed by atoms with E-state index in [1.165, 1.54) is 11.0 Å². The van der Waals surface area contributed by atoms with Crippen molar-refractivity contribution >= 4 is 28.9 Å². The van der Waals surface area contributed by atoms with Crippen molar-refractivity contribution in [2.24, 2.45) is 0 Å². The number of hydrogen-bond donors (Lipinski definition) is 0. The fraction of sp³-hybridized carbons (Fsp3) is 0.294. The van der Waals surface area contributed by atoms with Gasteiger partial charge in [-0.05, 0) is 18.6 Å². The highest BCUT2D eigenvalue weighted by atomic mass is 16.6. The van der Waals surface area contributed by atoms with Crippen LogP contribution in [0.2, 0.25) is 0 Å². The van der Waals surface area contributed by atoms with E-state index in [-0.39, 0.29) is 24.3 Å². The smallest absolute Gasteiger partial charge is 0.417 e. The number of cyclic esters (lactones) is 1. The van der Waals surface area contributed by atoms with Gasteiger partial charge in [0.2, 0.25) is 0 Å². The summed E-state index contributed by atoms with van der Waals surface area (Å²) in [7, 11) is 0. The number of nitrogens with zero attached hydrogens (tertiary/aromatic N) is 2. The molecule has 0 N–H and O–H groups in total. The summed E-state index contributed by atoms with van der Waals surface area (Å²) in [4.78, 5) is 50.7. The van der Waals surface area contributed by atoms with Crippen molar-refractivity contribution in [1.29, 1.82) is 0 Å². The summed E-state index contributed by atoms with van der Waals surface area (Å²) >= 11 is 0. The molecule has 8 heteroatoms. The van der Waals surface area contributed by atoms with Crippen LogP contribution in [0.5, 0.6) is 0 Å². The van der Waals surface area contributed by atoms with Gasteiger partial charge in [0.05, 0.1) is 11.4 Å². The van der Waals surface area contributed by atoms with Gasteiger partial charge in [0.1, 0.15) is 5.58 Å². The van der Waals surface area contributed by atoms with Gasteiger partial charge in [-0.3, -0.25) is 14.4 Å². The Morgan fingerprint density at radius 2 is 1.96 bits per heavy atom. The van der Waals surface area contributed by atoms with Crippen LogP contribution < -0.4 is 5.43 Å². The molecule has 0 aliphatic carbocycles. The van der Waals surface area contributed by atoms with Crippen LogP contribution in [0.25, 0.3) is 11.0 Å². The summed E-state index contributed by atoms with van der Waals surface area (Å²) in [5.74, 6) is -0.897. The number of ether oxygens (including phenoxy) is 1. The Morgan fingerprint density at radius 1 is 1.16 bits per heavy atom. The number of hydrogen-bond acceptors (Lipinski definition) is 6. The molecule has 2 aliphatic heterocycles. The summed E-state index contributed by atoms with van der Waals surface area (Å²) in [6.07, 6.45) is -0.216. The van der Waals surface area contributed by atoms with Gasteiger partial charge >= 0.3 is 6.09 Å². The number of fused-ring (bicyclic) bond motifs is 1. The molecule has 25 heavy (non-hydrogen) atoms. The zero-order valence-electron chi connectivity index (χ0n) is 13.1. The lowest BCUT2D eigenvalue weighted by atomic mass is 10.2. The highest BCUT2D eigenvalue weighted by molar-refractivity contribution is 5.98. The molecule has 2 saturated heterocycles. The minimum atomic E-state index is -0.679. The maximum absolute atomic E-state index is 12.6. The average Bonchev–Trinajstić information content (AvgIpc) is 3.21. The molecule has 0 bridgehead atoms. The van der Waals surface area contributed by atoms with E-state index in [1.807, 2.05) is 0 Å². The molecular weight excluding hydrogens is 328 g/mol. The van der Waals surface area contributed by atoms with E-state index in [9.17, 15) is 19.2 Å². The largest absolute Gasteiger partial charge is 0.451 e. The van der Waals surface area contributed by atoms with Crippen molar-refractivity contribution in [3.8, 4) is 0 Å². The molecular formula is C17H14N2O6. The van der Waals surface area contributed by atoms with Crippen LogP contribution in [0.3, 0.4) is 0 Å². The Bertz CT molecular complexity index is 934. The number of rotatable bonds is 2. The van der Waals surface area contributed by atoms with Crippen molar-refractivity contribution in [3.05, 3.63) is 46.3 Å². The second-order valence-electron chi connectivity index (χ2n) is 5.98. The first-order chi connectivity index (χ1) is 12.0. The molecule has 0 radical (unpaired) electrons. The SMILES string of the molecule is O=C(c1cc(=O)c2ccccc2o1)N1CCC(N2C(=O)COC2=O)C1. The first-order valence-electron chi connectivity index (χ1n) is 7.85. The van der Waals surface area contributed by atoms with Gasteiger partial charge in [-0.2, -0.15) is 0 Å². The Balaban J connectivity index is 1.57. The molecule has 0 saturated carbocycles. The van der Waals surface area contributed by atoms with Crippen LogP contribution in [-0.2, 0) is 9.53 Å². The Morgan fingerprint density at radius 3 is 2.72 bits per heavy atom. The highest BCUT2D eigenvalue weighted by Gasteiger charge is 2.41. The van der Waals surface area contributed by atoms with Crippen LogP contribution in [0.15, 0.2) is 39.5 Å². The molecule has 3 amide bonds. The summed E-state index contributed by atoms with van der Waals surface area (Å²) in [5, 5.41) is 0.406. The van der Waals surface area contributed by atoms with Crippen LogP contribution in [0.1, 0.15) is 17.0 Å². The summed E-state index contributed by atoms with van der Waals surface area (Å²) in [5.41, 5.74) is 0.0478. The lowest BCUT2D eigenvalue weighted by molar-refractivity contribution is -0.127. The molecule has 1 atom stereocenters. The topological polar surface area (TPSA) is 97.1 Å². The Kier molecular flexibility index (Phi) is 3.52. The third-order valence-electron chi connectivity index (χ3n) is 4.45. The normalized spacial score (nSPS) is 20.4. The van der Waals surface area contributed by atoms with Crippen molar-refractivity contribution in [3.63, 3.8) is 0 Å². The molecule has 128 valence electrons. The van der Waals surface area contributed by atoms with E-state index >= 15 is 0 Å². The number of imide groups is 1. The summed E-state index contributed by atoms with van der Waals surface area (Å²) in [6.45, 7) is 0.288. The standard InChI is InChI=1S/C17H14N2O6/c20-12-7-14(25-13-4-2-1-3-11(12)13)16(22)18-6-5-10(8-18)19-15(21)9-24-17(19)23/h1-4,7,10H,5-6,8-9H2. The highest BCUT2D eigenvalue weighted by Crippen LogP contribution is 2.22. The lowest BCUT2D eigenvalue weighted by Crippen LogP contribution is -2.42. The third kappa shape index (κ3) is 2.55. The molecule has 2 fully saturated rings. The van der Waals surface area contributed by atoms with E-state index in [2.05, 4.69) is 0 Å². The first-order valence-corrected chi connectivity index (χ1v) is 7.85. The summed E-state index contributed by atoms with van der Waals surface area (Å²) in [6, 6.07) is 7.45. The fourth-order valence-corrected chi connectivity index (χ4v) is 3.22. The number of amides is 3. The van der Waals surface area contributed by atoms with Gasteiger partial charge in [-0.1, -0.05) is 12.1 Å². The number of likely N-dealkylation sites (tertiary alicyclic amines) is 1. The number of carbonyl (C=O) groups is 3. The van der Waals surface area contributed by atoms with Gasteiger partial charge < -0.3 is 14.1 Å². The van der Waals surface area contributed by atoms with Gasteiger partial charge in [0.15, 0.2) is 17.8 Å². The molecule has 3 heterocycles. The second-order valence-corrected chi connectivity index (χ2v) is 5.98. The van der Waals surface area contributed by atoms with E-state index < -0.39 is 23.9 Å². The minimum absolute atomic E-state index is 0.0559. The van der Waals surface area contributed by atoms with Crippen LogP contribution in [0, 0.1) is 0 Å². The molecule has 8 nitrogen and oxygen atoms in total.